The van der Waals surface area contributed by atoms with Gasteiger partial charge in [-0.2, -0.15) is 0 Å². The number of piperidine rings is 1. The van der Waals surface area contributed by atoms with Gasteiger partial charge in [0, 0.05) is 32.6 Å². The highest BCUT2D eigenvalue weighted by Crippen LogP contribution is 2.28. The molecule has 0 bridgehead atoms. The maximum Gasteiger partial charge on any atom is 0.220 e. The molecule has 2 atom stereocenters. The molecule has 0 aliphatic carbocycles. The number of hydrogen-bond donors (Lipinski definition) is 1. The summed E-state index contributed by atoms with van der Waals surface area (Å²) in [5, 5.41) is 3.03. The quantitative estimate of drug-likeness (QED) is 0.647. The fraction of sp³-hybridized carbons (Fsp3) is 0.500. The number of rotatable bonds is 9. The molecule has 1 saturated heterocycles. The van der Waals surface area contributed by atoms with Crippen LogP contribution in [0.15, 0.2) is 42.5 Å². The zero-order chi connectivity index (χ0) is 22.2. The SMILES string of the molecule is COc1ccc(CCC(=O)NCc2ccc(CN3CC(C)CC(C)C3)cc2)cc1OC. The molecule has 3 rings (SSSR count). The molecule has 1 fully saturated rings. The van der Waals surface area contributed by atoms with Gasteiger partial charge >= 0.3 is 0 Å². The zero-order valence-electron chi connectivity index (χ0n) is 19.3. The van der Waals surface area contributed by atoms with E-state index in [4.69, 9.17) is 9.47 Å². The minimum atomic E-state index is 0.0511. The molecule has 5 heteroatoms. The smallest absolute Gasteiger partial charge is 0.220 e. The number of carbonyl (C=O) groups excluding carboxylic acids is 1. The van der Waals surface area contributed by atoms with Crippen molar-refractivity contribution in [3.63, 3.8) is 0 Å². The summed E-state index contributed by atoms with van der Waals surface area (Å²) in [5.41, 5.74) is 3.52. The van der Waals surface area contributed by atoms with Crippen LogP contribution in [0.25, 0.3) is 0 Å². The molecule has 0 radical (unpaired) electrons. The highest BCUT2D eigenvalue weighted by atomic mass is 16.5. The molecular weight excluding hydrogens is 388 g/mol. The normalized spacial score (nSPS) is 19.1. The number of amides is 1. The number of nitrogens with one attached hydrogen (secondary N) is 1. The summed E-state index contributed by atoms with van der Waals surface area (Å²) in [6.45, 7) is 8.62. The Morgan fingerprint density at radius 3 is 2.19 bits per heavy atom. The third-order valence-electron chi connectivity index (χ3n) is 5.95. The van der Waals surface area contributed by atoms with Gasteiger partial charge in [-0.1, -0.05) is 44.2 Å². The first kappa shape index (κ1) is 23.1. The summed E-state index contributed by atoms with van der Waals surface area (Å²) >= 11 is 0. The van der Waals surface area contributed by atoms with Crippen molar-refractivity contribution < 1.29 is 14.3 Å². The number of hydrogen-bond acceptors (Lipinski definition) is 4. The van der Waals surface area contributed by atoms with E-state index < -0.39 is 0 Å². The second-order valence-electron chi connectivity index (χ2n) is 8.92. The summed E-state index contributed by atoms with van der Waals surface area (Å²) in [4.78, 5) is 14.8. The van der Waals surface area contributed by atoms with Crippen molar-refractivity contribution in [1.29, 1.82) is 0 Å². The highest BCUT2D eigenvalue weighted by molar-refractivity contribution is 5.76. The Hall–Kier alpha value is -2.53. The Kier molecular flexibility index (Phi) is 8.35. The van der Waals surface area contributed by atoms with Crippen LogP contribution < -0.4 is 14.8 Å². The minimum absolute atomic E-state index is 0.0511. The van der Waals surface area contributed by atoms with E-state index in [-0.39, 0.29) is 5.91 Å². The van der Waals surface area contributed by atoms with Gasteiger partial charge in [0.05, 0.1) is 14.2 Å². The summed E-state index contributed by atoms with van der Waals surface area (Å²) in [5.74, 6) is 2.99. The van der Waals surface area contributed by atoms with Crippen molar-refractivity contribution in [2.75, 3.05) is 27.3 Å². The molecule has 2 unspecified atom stereocenters. The first-order valence-electron chi connectivity index (χ1n) is 11.2. The van der Waals surface area contributed by atoms with Crippen LogP contribution in [0.3, 0.4) is 0 Å². The van der Waals surface area contributed by atoms with Crippen molar-refractivity contribution in [3.05, 3.63) is 59.2 Å². The van der Waals surface area contributed by atoms with Crippen molar-refractivity contribution in [2.24, 2.45) is 11.8 Å². The van der Waals surface area contributed by atoms with Crippen LogP contribution in [-0.4, -0.2) is 38.1 Å². The second-order valence-corrected chi connectivity index (χ2v) is 8.92. The minimum Gasteiger partial charge on any atom is -0.493 e. The molecule has 2 aromatic carbocycles. The van der Waals surface area contributed by atoms with E-state index in [9.17, 15) is 4.79 Å². The molecule has 2 aromatic rings. The fourth-order valence-corrected chi connectivity index (χ4v) is 4.52. The van der Waals surface area contributed by atoms with Crippen LogP contribution in [-0.2, 0) is 24.3 Å². The maximum absolute atomic E-state index is 12.3. The van der Waals surface area contributed by atoms with Crippen LogP contribution in [0, 0.1) is 11.8 Å². The third-order valence-corrected chi connectivity index (χ3v) is 5.95. The molecule has 1 amide bonds. The van der Waals surface area contributed by atoms with Gasteiger partial charge in [-0.15, -0.1) is 0 Å². The van der Waals surface area contributed by atoms with E-state index in [1.165, 1.54) is 25.1 Å². The lowest BCUT2D eigenvalue weighted by molar-refractivity contribution is -0.121. The third kappa shape index (κ3) is 7.00. The van der Waals surface area contributed by atoms with E-state index >= 15 is 0 Å². The predicted molar refractivity (Wildman–Crippen MR) is 124 cm³/mol. The van der Waals surface area contributed by atoms with Gasteiger partial charge in [-0.3, -0.25) is 9.69 Å². The Labute approximate surface area is 186 Å². The van der Waals surface area contributed by atoms with Crippen LogP contribution in [0.5, 0.6) is 11.5 Å². The number of carbonyl (C=O) groups is 1. The lowest BCUT2D eigenvalue weighted by atomic mass is 9.91. The molecule has 0 saturated carbocycles. The van der Waals surface area contributed by atoms with Crippen molar-refractivity contribution >= 4 is 5.91 Å². The summed E-state index contributed by atoms with van der Waals surface area (Å²) in [7, 11) is 3.24. The highest BCUT2D eigenvalue weighted by Gasteiger charge is 2.21. The summed E-state index contributed by atoms with van der Waals surface area (Å²) in [6, 6.07) is 14.4. The zero-order valence-corrected chi connectivity index (χ0v) is 19.3. The Morgan fingerprint density at radius 1 is 0.935 bits per heavy atom. The van der Waals surface area contributed by atoms with E-state index in [2.05, 4.69) is 48.3 Å². The Bertz CT molecular complexity index is 840. The molecular formula is C26H36N2O3. The van der Waals surface area contributed by atoms with Gasteiger partial charge in [-0.05, 0) is 53.5 Å². The van der Waals surface area contributed by atoms with Gasteiger partial charge in [0.1, 0.15) is 0 Å². The molecule has 1 aliphatic heterocycles. The first-order valence-corrected chi connectivity index (χ1v) is 11.2. The topological polar surface area (TPSA) is 50.8 Å². The maximum atomic E-state index is 12.3. The standard InChI is InChI=1S/C26H36N2O3/c1-19-13-20(2)17-28(16-19)18-23-7-5-22(6-8-23)15-27-26(29)12-10-21-9-11-24(30-3)25(14-21)31-4/h5-9,11,14,19-20H,10,12-13,15-18H2,1-4H3,(H,27,29). The largest absolute Gasteiger partial charge is 0.493 e. The molecule has 1 N–H and O–H groups in total. The number of likely N-dealkylation sites (tertiary alicyclic amines) is 1. The average molecular weight is 425 g/mol. The Morgan fingerprint density at radius 2 is 1.55 bits per heavy atom. The molecule has 0 aromatic heterocycles. The average Bonchev–Trinajstić information content (AvgIpc) is 2.76. The molecule has 1 heterocycles. The van der Waals surface area contributed by atoms with Crippen LogP contribution in [0.1, 0.15) is 43.4 Å². The van der Waals surface area contributed by atoms with Crippen LogP contribution in [0.4, 0.5) is 0 Å². The predicted octanol–water partition coefficient (Wildman–Crippen LogP) is 4.43. The van der Waals surface area contributed by atoms with E-state index in [0.29, 0.717) is 30.9 Å². The van der Waals surface area contributed by atoms with Crippen molar-refractivity contribution in [2.45, 2.75) is 46.2 Å². The summed E-state index contributed by atoms with van der Waals surface area (Å²) < 4.78 is 10.6. The molecule has 31 heavy (non-hydrogen) atoms. The number of aryl methyl sites for hydroxylation is 1. The van der Waals surface area contributed by atoms with Gasteiger partial charge < -0.3 is 14.8 Å². The number of benzene rings is 2. The summed E-state index contributed by atoms with van der Waals surface area (Å²) in [6.07, 6.45) is 2.44. The van der Waals surface area contributed by atoms with Gasteiger partial charge in [-0.25, -0.2) is 0 Å². The van der Waals surface area contributed by atoms with E-state index in [1.807, 2.05) is 18.2 Å². The Balaban J connectivity index is 1.43. The van der Waals surface area contributed by atoms with Crippen molar-refractivity contribution in [1.82, 2.24) is 10.2 Å². The van der Waals surface area contributed by atoms with Crippen LogP contribution in [0.2, 0.25) is 0 Å². The van der Waals surface area contributed by atoms with Gasteiger partial charge in [0.15, 0.2) is 11.5 Å². The molecule has 5 nitrogen and oxygen atoms in total. The molecule has 168 valence electrons. The van der Waals surface area contributed by atoms with Crippen molar-refractivity contribution in [3.8, 4) is 11.5 Å². The molecule has 0 spiro atoms. The van der Waals surface area contributed by atoms with E-state index in [1.54, 1.807) is 14.2 Å². The number of nitrogens with zero attached hydrogens (tertiary/aromatic N) is 1. The van der Waals surface area contributed by atoms with Crippen LogP contribution >= 0.6 is 0 Å². The fourth-order valence-electron chi connectivity index (χ4n) is 4.52. The second kappa shape index (κ2) is 11.2. The lowest BCUT2D eigenvalue weighted by Gasteiger charge is -2.35. The number of ether oxygens (including phenoxy) is 2. The lowest BCUT2D eigenvalue weighted by Crippen LogP contribution is -2.38. The monoisotopic (exact) mass is 424 g/mol. The number of methoxy groups -OCH3 is 2. The van der Waals surface area contributed by atoms with Gasteiger partial charge in [0.2, 0.25) is 5.91 Å². The first-order chi connectivity index (χ1) is 15.0. The van der Waals surface area contributed by atoms with Gasteiger partial charge in [0.25, 0.3) is 0 Å². The molecule has 1 aliphatic rings. The van der Waals surface area contributed by atoms with E-state index in [0.717, 1.165) is 29.5 Å².